The fourth-order valence-electron chi connectivity index (χ4n) is 2.56. The average molecular weight is 284 g/mol. The number of carbonyl (C=O) groups excluding carboxylic acids is 1. The van der Waals surface area contributed by atoms with E-state index in [-0.39, 0.29) is 11.6 Å². The quantitative estimate of drug-likeness (QED) is 0.255. The Morgan fingerprint density at radius 1 is 1.55 bits per heavy atom. The summed E-state index contributed by atoms with van der Waals surface area (Å²) in [6.45, 7) is 7.66. The largest absolute Gasteiger partial charge is 0.465 e. The third kappa shape index (κ3) is 4.67. The molecule has 1 atom stereocenters. The Bertz CT molecular complexity index is 380. The molecule has 1 unspecified atom stereocenters. The smallest absolute Gasteiger partial charge is 0.326 e. The average Bonchev–Trinajstić information content (AvgIpc) is 2.37. The Morgan fingerprint density at radius 2 is 2.30 bits per heavy atom. The fraction of sp³-hybridized carbons (Fsp3) is 0.923. The monoisotopic (exact) mass is 284 g/mol. The van der Waals surface area contributed by atoms with Gasteiger partial charge in [-0.2, -0.15) is 0 Å². The molecule has 0 aromatic rings. The molecule has 1 aliphatic rings. The van der Waals surface area contributed by atoms with E-state index < -0.39 is 5.54 Å². The third-order valence-electron chi connectivity index (χ3n) is 3.38. The second-order valence-electron chi connectivity index (χ2n) is 5.57. The zero-order chi connectivity index (χ0) is 15.1. The number of nitrogens with zero attached hydrogens (tertiary/aromatic N) is 3. The number of hydrogen-bond acceptors (Lipinski definition) is 5. The van der Waals surface area contributed by atoms with Crippen LogP contribution in [-0.2, 0) is 14.3 Å². The molecule has 7 heteroatoms. The van der Waals surface area contributed by atoms with Crippen LogP contribution in [0.2, 0.25) is 0 Å². The summed E-state index contributed by atoms with van der Waals surface area (Å²) in [5.41, 5.74) is 7.18. The van der Waals surface area contributed by atoms with E-state index in [1.165, 1.54) is 0 Å². The number of esters is 1. The predicted molar refractivity (Wildman–Crippen MR) is 75.3 cm³/mol. The number of azide groups is 1. The van der Waals surface area contributed by atoms with Crippen LogP contribution in [0.3, 0.4) is 0 Å². The molecular weight excluding hydrogens is 260 g/mol. The minimum atomic E-state index is -0.700. The normalized spacial score (nSPS) is 24.8. The number of rotatable bonds is 7. The van der Waals surface area contributed by atoms with Crippen molar-refractivity contribution in [2.45, 2.75) is 51.2 Å². The lowest BCUT2D eigenvalue weighted by Gasteiger charge is -2.43. The molecule has 0 aromatic carbocycles. The Hall–Kier alpha value is -1.30. The summed E-state index contributed by atoms with van der Waals surface area (Å²) in [5, 5.41) is 6.78. The predicted octanol–water partition coefficient (Wildman–Crippen LogP) is 2.17. The van der Waals surface area contributed by atoms with Gasteiger partial charge in [-0.25, -0.2) is 0 Å². The van der Waals surface area contributed by atoms with Crippen LogP contribution in [-0.4, -0.2) is 43.4 Å². The minimum Gasteiger partial charge on any atom is -0.465 e. The molecule has 0 aromatic heterocycles. The maximum absolute atomic E-state index is 12.3. The lowest BCUT2D eigenvalue weighted by molar-refractivity contribution is -0.164. The lowest BCUT2D eigenvalue weighted by Crippen LogP contribution is -2.60. The molecule has 0 amide bonds. The third-order valence-corrected chi connectivity index (χ3v) is 3.38. The van der Waals surface area contributed by atoms with Crippen LogP contribution in [0, 0.1) is 0 Å². The van der Waals surface area contributed by atoms with Crippen molar-refractivity contribution >= 4 is 5.97 Å². The second-order valence-corrected chi connectivity index (χ2v) is 5.57. The van der Waals surface area contributed by atoms with E-state index in [2.05, 4.69) is 15.3 Å². The van der Waals surface area contributed by atoms with Gasteiger partial charge in [0.2, 0.25) is 0 Å². The van der Waals surface area contributed by atoms with E-state index >= 15 is 0 Å². The Balaban J connectivity index is 2.68. The molecule has 1 fully saturated rings. The number of carbonyl (C=O) groups is 1. The van der Waals surface area contributed by atoms with Crippen LogP contribution in [0.15, 0.2) is 5.11 Å². The van der Waals surface area contributed by atoms with Crippen LogP contribution in [0.25, 0.3) is 10.4 Å². The van der Waals surface area contributed by atoms with E-state index in [1.54, 1.807) is 6.92 Å². The Kier molecular flexibility index (Phi) is 6.26. The molecule has 1 rings (SSSR count). The van der Waals surface area contributed by atoms with Gasteiger partial charge in [0.25, 0.3) is 0 Å². The first-order chi connectivity index (χ1) is 9.46. The van der Waals surface area contributed by atoms with Crippen molar-refractivity contribution in [3.63, 3.8) is 0 Å². The maximum Gasteiger partial charge on any atom is 0.326 e. The summed E-state index contributed by atoms with van der Waals surface area (Å²) in [7, 11) is 0. The van der Waals surface area contributed by atoms with Crippen LogP contribution >= 0.6 is 0 Å². The molecule has 1 heterocycles. The molecule has 7 nitrogen and oxygen atoms in total. The van der Waals surface area contributed by atoms with Gasteiger partial charge >= 0.3 is 5.97 Å². The van der Waals surface area contributed by atoms with Crippen molar-refractivity contribution in [3.8, 4) is 0 Å². The number of hydrogen-bond donors (Lipinski definition) is 1. The summed E-state index contributed by atoms with van der Waals surface area (Å²) < 4.78 is 10.9. The van der Waals surface area contributed by atoms with Crippen LogP contribution in [0.1, 0.15) is 40.0 Å². The molecule has 0 bridgehead atoms. The van der Waals surface area contributed by atoms with Crippen molar-refractivity contribution in [2.75, 3.05) is 26.3 Å². The van der Waals surface area contributed by atoms with Crippen LogP contribution in [0.4, 0.5) is 0 Å². The highest BCUT2D eigenvalue weighted by atomic mass is 16.5. The molecule has 20 heavy (non-hydrogen) atoms. The van der Waals surface area contributed by atoms with Crippen molar-refractivity contribution < 1.29 is 14.3 Å². The molecule has 1 N–H and O–H groups in total. The summed E-state index contributed by atoms with van der Waals surface area (Å²) in [6, 6.07) is 0. The van der Waals surface area contributed by atoms with E-state index in [1.807, 2.05) is 13.8 Å². The fourth-order valence-corrected chi connectivity index (χ4v) is 2.56. The number of ether oxygens (including phenoxy) is 2. The molecule has 0 aliphatic carbocycles. The molecule has 0 spiro atoms. The molecule has 1 aliphatic heterocycles. The van der Waals surface area contributed by atoms with Crippen molar-refractivity contribution in [1.29, 1.82) is 0 Å². The molecule has 0 saturated carbocycles. The minimum absolute atomic E-state index is 0.222. The van der Waals surface area contributed by atoms with Gasteiger partial charge < -0.3 is 14.8 Å². The van der Waals surface area contributed by atoms with Gasteiger partial charge in [-0.3, -0.25) is 4.79 Å². The van der Waals surface area contributed by atoms with Gasteiger partial charge in [0.05, 0.1) is 12.2 Å². The van der Waals surface area contributed by atoms with Crippen molar-refractivity contribution in [3.05, 3.63) is 10.4 Å². The van der Waals surface area contributed by atoms with Gasteiger partial charge in [0, 0.05) is 24.5 Å². The maximum atomic E-state index is 12.3. The topological polar surface area (TPSA) is 96.3 Å². The van der Waals surface area contributed by atoms with E-state index in [9.17, 15) is 4.79 Å². The Labute approximate surface area is 119 Å². The first kappa shape index (κ1) is 16.8. The second kappa shape index (κ2) is 7.47. The van der Waals surface area contributed by atoms with Crippen LogP contribution in [0.5, 0.6) is 0 Å². The SMILES string of the molecule is CCOC(=O)C1(NCCCN=[N+]=[N-])CCOC(C)(C)C1. The first-order valence-electron chi connectivity index (χ1n) is 7.03. The zero-order valence-electron chi connectivity index (χ0n) is 12.5. The van der Waals surface area contributed by atoms with Gasteiger partial charge in [-0.05, 0) is 45.7 Å². The highest BCUT2D eigenvalue weighted by molar-refractivity contribution is 5.81. The first-order valence-corrected chi connectivity index (χ1v) is 7.03. The molecular formula is C13H24N4O3. The zero-order valence-corrected chi connectivity index (χ0v) is 12.5. The molecule has 114 valence electrons. The van der Waals surface area contributed by atoms with Crippen molar-refractivity contribution in [2.24, 2.45) is 5.11 Å². The molecule has 1 saturated heterocycles. The molecule has 0 radical (unpaired) electrons. The summed E-state index contributed by atoms with van der Waals surface area (Å²) >= 11 is 0. The Morgan fingerprint density at radius 3 is 2.90 bits per heavy atom. The van der Waals surface area contributed by atoms with E-state index in [0.29, 0.717) is 45.6 Å². The standard InChI is InChI=1S/C13H24N4O3/c1-4-19-11(18)13(15-7-5-8-16-17-14)6-9-20-12(2,3)10-13/h15H,4-10H2,1-3H3. The summed E-state index contributed by atoms with van der Waals surface area (Å²) in [6.07, 6.45) is 1.85. The van der Waals surface area contributed by atoms with Gasteiger partial charge in [-0.1, -0.05) is 5.11 Å². The van der Waals surface area contributed by atoms with E-state index in [4.69, 9.17) is 15.0 Å². The van der Waals surface area contributed by atoms with E-state index in [0.717, 1.165) is 0 Å². The van der Waals surface area contributed by atoms with Gasteiger partial charge in [0.15, 0.2) is 0 Å². The van der Waals surface area contributed by atoms with Crippen LogP contribution < -0.4 is 5.32 Å². The number of nitrogens with one attached hydrogen (secondary N) is 1. The van der Waals surface area contributed by atoms with Gasteiger partial charge in [0.1, 0.15) is 5.54 Å². The highest BCUT2D eigenvalue weighted by Crippen LogP contribution is 2.33. The lowest BCUT2D eigenvalue weighted by atomic mass is 9.81. The summed E-state index contributed by atoms with van der Waals surface area (Å²) in [4.78, 5) is 15.0. The van der Waals surface area contributed by atoms with Gasteiger partial charge in [-0.15, -0.1) is 0 Å². The van der Waals surface area contributed by atoms with Crippen molar-refractivity contribution in [1.82, 2.24) is 5.32 Å². The summed E-state index contributed by atoms with van der Waals surface area (Å²) in [5.74, 6) is -0.222. The highest BCUT2D eigenvalue weighted by Gasteiger charge is 2.47.